The second-order valence-electron chi connectivity index (χ2n) is 5.27. The normalized spacial score (nSPS) is 12.9. The van der Waals surface area contributed by atoms with Crippen molar-refractivity contribution in [1.29, 1.82) is 0 Å². The molecule has 0 radical (unpaired) electrons. The number of hydrogen-bond acceptors (Lipinski definition) is 9. The molecule has 1 N–H and O–H groups in total. The van der Waals surface area contributed by atoms with E-state index in [0.717, 1.165) is 0 Å². The SMILES string of the molecule is C=CC(C)=O.O=C(CCCC(=O)ON1C(=O)CCC1=O)OCCOCCO. The van der Waals surface area contributed by atoms with Gasteiger partial charge in [0.2, 0.25) is 0 Å². The van der Waals surface area contributed by atoms with Crippen molar-refractivity contribution in [2.45, 2.75) is 39.0 Å². The van der Waals surface area contributed by atoms with Crippen molar-refractivity contribution in [3.63, 3.8) is 0 Å². The molecule has 0 aliphatic carbocycles. The van der Waals surface area contributed by atoms with E-state index >= 15 is 0 Å². The van der Waals surface area contributed by atoms with Gasteiger partial charge in [0.15, 0.2) is 5.78 Å². The Balaban J connectivity index is 0.00000119. The van der Waals surface area contributed by atoms with Crippen LogP contribution in [0, 0.1) is 0 Å². The van der Waals surface area contributed by atoms with Crippen LogP contribution in [0.5, 0.6) is 0 Å². The van der Waals surface area contributed by atoms with Gasteiger partial charge in [-0.1, -0.05) is 6.58 Å². The molecular weight excluding hydrogens is 362 g/mol. The second-order valence-corrected chi connectivity index (χ2v) is 5.27. The highest BCUT2D eigenvalue weighted by Crippen LogP contribution is 2.13. The molecule has 27 heavy (non-hydrogen) atoms. The highest BCUT2D eigenvalue weighted by Gasteiger charge is 2.32. The average molecular weight is 387 g/mol. The molecule has 0 saturated carbocycles. The Labute approximate surface area is 157 Å². The zero-order chi connectivity index (χ0) is 20.7. The minimum absolute atomic E-state index is 0.0109. The van der Waals surface area contributed by atoms with Gasteiger partial charge in [-0.15, -0.1) is 5.06 Å². The molecule has 1 fully saturated rings. The standard InChI is InChI=1S/C13H19NO8.C4H6O/c15-6-7-20-8-9-21-12(18)2-1-3-13(19)22-14-10(16)4-5-11(14)17;1-3-4(2)5/h15H,1-9H2;3H,1H2,2H3. The molecule has 1 saturated heterocycles. The predicted octanol–water partition coefficient (Wildman–Crippen LogP) is 0.0774. The molecule has 0 bridgehead atoms. The quantitative estimate of drug-likeness (QED) is 0.226. The molecule has 10 nitrogen and oxygen atoms in total. The summed E-state index contributed by atoms with van der Waals surface area (Å²) in [6.07, 6.45) is 1.45. The summed E-state index contributed by atoms with van der Waals surface area (Å²) >= 11 is 0. The van der Waals surface area contributed by atoms with Gasteiger partial charge in [0, 0.05) is 25.7 Å². The van der Waals surface area contributed by atoms with E-state index < -0.39 is 23.8 Å². The first-order valence-electron chi connectivity index (χ1n) is 8.35. The largest absolute Gasteiger partial charge is 0.463 e. The monoisotopic (exact) mass is 387 g/mol. The molecule has 10 heteroatoms. The number of carbonyl (C=O) groups is 5. The van der Waals surface area contributed by atoms with Crippen LogP contribution in [-0.4, -0.2) is 66.1 Å². The van der Waals surface area contributed by atoms with Crippen molar-refractivity contribution in [2.75, 3.05) is 26.4 Å². The molecule has 1 heterocycles. The number of aliphatic hydroxyl groups excluding tert-OH is 1. The van der Waals surface area contributed by atoms with E-state index in [-0.39, 0.29) is 64.3 Å². The van der Waals surface area contributed by atoms with Crippen LogP contribution >= 0.6 is 0 Å². The first-order chi connectivity index (χ1) is 12.8. The summed E-state index contributed by atoms with van der Waals surface area (Å²) in [5.74, 6) is -2.30. The zero-order valence-electron chi connectivity index (χ0n) is 15.3. The number of rotatable bonds is 11. The Bertz CT molecular complexity index is 529. The van der Waals surface area contributed by atoms with Crippen LogP contribution in [0.2, 0.25) is 0 Å². The molecule has 1 aliphatic rings. The number of aliphatic hydroxyl groups is 1. The second kappa shape index (κ2) is 14.6. The van der Waals surface area contributed by atoms with Crippen LogP contribution in [0.15, 0.2) is 12.7 Å². The maximum atomic E-state index is 11.4. The van der Waals surface area contributed by atoms with Gasteiger partial charge < -0.3 is 19.4 Å². The van der Waals surface area contributed by atoms with Gasteiger partial charge in [0.1, 0.15) is 6.61 Å². The minimum Gasteiger partial charge on any atom is -0.463 e. The lowest BCUT2D eigenvalue weighted by Gasteiger charge is -2.12. The van der Waals surface area contributed by atoms with Crippen LogP contribution in [0.25, 0.3) is 0 Å². The van der Waals surface area contributed by atoms with Crippen LogP contribution in [0.4, 0.5) is 0 Å². The third kappa shape index (κ3) is 12.4. The third-order valence-electron chi connectivity index (χ3n) is 2.97. The van der Waals surface area contributed by atoms with Crippen molar-refractivity contribution in [1.82, 2.24) is 5.06 Å². The third-order valence-corrected chi connectivity index (χ3v) is 2.97. The maximum Gasteiger partial charge on any atom is 0.333 e. The molecule has 0 aromatic heterocycles. The fourth-order valence-corrected chi connectivity index (χ4v) is 1.64. The van der Waals surface area contributed by atoms with Crippen LogP contribution in [-0.2, 0) is 38.3 Å². The number of carbonyl (C=O) groups excluding carboxylic acids is 5. The first-order valence-corrected chi connectivity index (χ1v) is 8.35. The van der Waals surface area contributed by atoms with Crippen molar-refractivity contribution >= 4 is 29.5 Å². The highest BCUT2D eigenvalue weighted by atomic mass is 16.7. The Morgan fingerprint density at radius 2 is 1.63 bits per heavy atom. The van der Waals surface area contributed by atoms with Crippen molar-refractivity contribution in [3.05, 3.63) is 12.7 Å². The zero-order valence-corrected chi connectivity index (χ0v) is 15.3. The van der Waals surface area contributed by atoms with Crippen LogP contribution in [0.1, 0.15) is 39.0 Å². The van der Waals surface area contributed by atoms with Gasteiger partial charge in [-0.05, 0) is 19.4 Å². The highest BCUT2D eigenvalue weighted by molar-refractivity contribution is 6.01. The predicted molar refractivity (Wildman–Crippen MR) is 90.8 cm³/mol. The van der Waals surface area contributed by atoms with Crippen LogP contribution < -0.4 is 0 Å². The number of hydrogen-bond donors (Lipinski definition) is 1. The van der Waals surface area contributed by atoms with E-state index in [0.29, 0.717) is 5.06 Å². The van der Waals surface area contributed by atoms with Gasteiger partial charge in [-0.2, -0.15) is 0 Å². The Morgan fingerprint density at radius 1 is 1.07 bits per heavy atom. The van der Waals surface area contributed by atoms with E-state index in [1.165, 1.54) is 13.0 Å². The van der Waals surface area contributed by atoms with Gasteiger partial charge in [-0.25, -0.2) is 4.79 Å². The fourth-order valence-electron chi connectivity index (χ4n) is 1.64. The van der Waals surface area contributed by atoms with E-state index in [9.17, 15) is 24.0 Å². The number of esters is 1. The molecule has 1 aliphatic heterocycles. The molecule has 1 rings (SSSR count). The summed E-state index contributed by atoms with van der Waals surface area (Å²) in [6.45, 7) is 5.01. The van der Waals surface area contributed by atoms with E-state index in [1.807, 2.05) is 0 Å². The first kappa shape index (κ1) is 24.4. The van der Waals surface area contributed by atoms with Crippen molar-refractivity contribution in [3.8, 4) is 0 Å². The summed E-state index contributed by atoms with van der Waals surface area (Å²) in [6, 6.07) is 0. The number of nitrogens with zero attached hydrogens (tertiary/aromatic N) is 1. The summed E-state index contributed by atoms with van der Waals surface area (Å²) in [5, 5.41) is 8.93. The number of amides is 2. The summed E-state index contributed by atoms with van der Waals surface area (Å²) in [7, 11) is 0. The summed E-state index contributed by atoms with van der Waals surface area (Å²) in [5.41, 5.74) is 0. The molecule has 0 spiro atoms. The Hall–Kier alpha value is -2.59. The van der Waals surface area contributed by atoms with E-state index in [2.05, 4.69) is 11.4 Å². The number of ether oxygens (including phenoxy) is 2. The lowest BCUT2D eigenvalue weighted by atomic mass is 10.2. The molecule has 152 valence electrons. The van der Waals surface area contributed by atoms with Gasteiger partial charge >= 0.3 is 11.9 Å². The Kier molecular flexibility index (Phi) is 13.2. The number of allylic oxidation sites excluding steroid dienone is 1. The lowest BCUT2D eigenvalue weighted by Crippen LogP contribution is -2.32. The van der Waals surface area contributed by atoms with Gasteiger partial charge in [0.25, 0.3) is 11.8 Å². The molecule has 0 unspecified atom stereocenters. The molecular formula is C17H25NO9. The number of imide groups is 1. The van der Waals surface area contributed by atoms with E-state index in [1.54, 1.807) is 0 Å². The Morgan fingerprint density at radius 3 is 2.15 bits per heavy atom. The number of hydroxylamine groups is 2. The number of ketones is 1. The fraction of sp³-hybridized carbons (Fsp3) is 0.588. The topological polar surface area (TPSA) is 137 Å². The van der Waals surface area contributed by atoms with Crippen molar-refractivity contribution in [2.24, 2.45) is 0 Å². The van der Waals surface area contributed by atoms with Gasteiger partial charge in [-0.3, -0.25) is 19.2 Å². The minimum atomic E-state index is -0.748. The maximum absolute atomic E-state index is 11.4. The van der Waals surface area contributed by atoms with Crippen LogP contribution in [0.3, 0.4) is 0 Å². The summed E-state index contributed by atoms with van der Waals surface area (Å²) in [4.78, 5) is 59.5. The van der Waals surface area contributed by atoms with Crippen molar-refractivity contribution < 1.29 is 43.4 Å². The smallest absolute Gasteiger partial charge is 0.333 e. The summed E-state index contributed by atoms with van der Waals surface area (Å²) < 4.78 is 9.72. The van der Waals surface area contributed by atoms with Gasteiger partial charge in [0.05, 0.1) is 19.8 Å². The molecule has 0 aromatic rings. The molecule has 0 atom stereocenters. The average Bonchev–Trinajstić information content (AvgIpc) is 2.94. The molecule has 2 amide bonds. The van der Waals surface area contributed by atoms with E-state index in [4.69, 9.17) is 14.6 Å². The lowest BCUT2D eigenvalue weighted by molar-refractivity contribution is -0.197. The molecule has 0 aromatic carbocycles.